The summed E-state index contributed by atoms with van der Waals surface area (Å²) >= 11 is 0. The van der Waals surface area contributed by atoms with Gasteiger partial charge >= 0.3 is 0 Å². The van der Waals surface area contributed by atoms with Crippen molar-refractivity contribution in [1.29, 1.82) is 0 Å². The van der Waals surface area contributed by atoms with Crippen LogP contribution in [0, 0.1) is 0 Å². The maximum Gasteiger partial charge on any atom is 0.238 e. The summed E-state index contributed by atoms with van der Waals surface area (Å²) in [5, 5.41) is 4.62. The average Bonchev–Trinajstić information content (AvgIpc) is 4.35. The number of hydrogen-bond acceptors (Lipinski definition) is 3. The molecule has 3 aromatic heterocycles. The fourth-order valence-corrected chi connectivity index (χ4v) is 13.1. The van der Waals surface area contributed by atoms with Gasteiger partial charge in [0.05, 0.1) is 27.5 Å². The molecule has 3 heterocycles. The van der Waals surface area contributed by atoms with E-state index in [1.54, 1.807) is 0 Å². The monoisotopic (exact) mass is 979 g/mol. The zero-order valence-corrected chi connectivity index (χ0v) is 41.7. The zero-order chi connectivity index (χ0) is 50.6. The van der Waals surface area contributed by atoms with Gasteiger partial charge in [0.2, 0.25) is 5.95 Å². The Balaban J connectivity index is 0.995. The molecule has 0 N–H and O–H groups in total. The van der Waals surface area contributed by atoms with Crippen molar-refractivity contribution in [2.45, 2.75) is 5.41 Å². The van der Waals surface area contributed by atoms with E-state index in [0.29, 0.717) is 17.6 Å². The molecule has 0 aliphatic heterocycles. The Morgan fingerprint density at radius 3 is 1.55 bits per heavy atom. The van der Waals surface area contributed by atoms with Gasteiger partial charge in [0.15, 0.2) is 11.6 Å². The summed E-state index contributed by atoms with van der Waals surface area (Å²) in [4.78, 5) is 15.7. The van der Waals surface area contributed by atoms with Crippen molar-refractivity contribution in [3.63, 3.8) is 0 Å². The molecule has 5 nitrogen and oxygen atoms in total. The highest BCUT2D eigenvalue weighted by Gasteiger charge is 2.51. The SMILES string of the molecule is C(=C(c1ccc2c(c1)c1ccccc1n2-c1ccccc1)c1cccc2c1c1ccccc1n2-c1nc(-c2ccccc2)nc(-c2ccccc2)n1)c1cccc2c1-c1ccccc1C21c2ccccc2-c2ccccc21. The number of aromatic nitrogens is 5. The van der Waals surface area contributed by atoms with Gasteiger partial charge in [-0.25, -0.2) is 4.98 Å². The first kappa shape index (κ1) is 43.2. The topological polar surface area (TPSA) is 48.5 Å². The first-order chi connectivity index (χ1) is 38.2. The Morgan fingerprint density at radius 2 is 0.870 bits per heavy atom. The van der Waals surface area contributed by atoms with Gasteiger partial charge in [-0.2, -0.15) is 9.97 Å². The van der Waals surface area contributed by atoms with E-state index < -0.39 is 5.41 Å². The lowest BCUT2D eigenvalue weighted by atomic mass is 9.70. The number of nitrogens with zero attached hydrogens (tertiary/aromatic N) is 5. The molecule has 77 heavy (non-hydrogen) atoms. The maximum atomic E-state index is 5.31. The normalized spacial score (nSPS) is 13.1. The van der Waals surface area contributed by atoms with Crippen molar-refractivity contribution >= 4 is 55.3 Å². The van der Waals surface area contributed by atoms with Crippen LogP contribution in [0.15, 0.2) is 267 Å². The Bertz CT molecular complexity index is 4630. The molecule has 16 rings (SSSR count). The lowest BCUT2D eigenvalue weighted by molar-refractivity contribution is 0.793. The minimum absolute atomic E-state index is 0.476. The van der Waals surface area contributed by atoms with E-state index in [-0.39, 0.29) is 0 Å². The summed E-state index contributed by atoms with van der Waals surface area (Å²) in [5.74, 6) is 1.79. The third-order valence-corrected chi connectivity index (χ3v) is 16.2. The highest BCUT2D eigenvalue weighted by Crippen LogP contribution is 2.63. The maximum absolute atomic E-state index is 5.31. The number of para-hydroxylation sites is 3. The van der Waals surface area contributed by atoms with Gasteiger partial charge in [-0.1, -0.05) is 224 Å². The quantitative estimate of drug-likeness (QED) is 0.150. The first-order valence-electron chi connectivity index (χ1n) is 26.4. The Labute approximate surface area is 445 Å². The highest BCUT2D eigenvalue weighted by atomic mass is 15.2. The second kappa shape index (κ2) is 16.9. The summed E-state index contributed by atoms with van der Waals surface area (Å²) in [6, 6.07) is 96.6. The van der Waals surface area contributed by atoms with Gasteiger partial charge in [-0.05, 0) is 115 Å². The van der Waals surface area contributed by atoms with Crippen LogP contribution >= 0.6 is 0 Å². The van der Waals surface area contributed by atoms with Crippen molar-refractivity contribution in [1.82, 2.24) is 24.1 Å². The molecule has 358 valence electrons. The fourth-order valence-electron chi connectivity index (χ4n) is 13.1. The summed E-state index contributed by atoms with van der Waals surface area (Å²) in [6.07, 6.45) is 2.48. The minimum atomic E-state index is -0.476. The molecule has 0 saturated heterocycles. The van der Waals surface area contributed by atoms with Crippen molar-refractivity contribution < 1.29 is 0 Å². The fraction of sp³-hybridized carbons (Fsp3) is 0.0139. The number of rotatable bonds is 7. The van der Waals surface area contributed by atoms with Crippen LogP contribution in [0.5, 0.6) is 0 Å². The van der Waals surface area contributed by atoms with Gasteiger partial charge in [-0.15, -0.1) is 0 Å². The molecule has 0 amide bonds. The lowest BCUT2D eigenvalue weighted by Gasteiger charge is -2.30. The lowest BCUT2D eigenvalue weighted by Crippen LogP contribution is -2.25. The molecule has 0 saturated carbocycles. The van der Waals surface area contributed by atoms with Crippen LogP contribution in [0.4, 0.5) is 0 Å². The van der Waals surface area contributed by atoms with Gasteiger partial charge < -0.3 is 4.57 Å². The molecule has 0 atom stereocenters. The highest BCUT2D eigenvalue weighted by molar-refractivity contribution is 6.18. The number of hydrogen-bond donors (Lipinski definition) is 0. The molecular formula is C72H45N5. The molecule has 0 fully saturated rings. The average molecular weight is 980 g/mol. The number of benzene rings is 11. The molecule has 0 radical (unpaired) electrons. The Morgan fingerprint density at radius 1 is 0.364 bits per heavy atom. The van der Waals surface area contributed by atoms with E-state index in [1.165, 1.54) is 60.8 Å². The third-order valence-electron chi connectivity index (χ3n) is 16.2. The van der Waals surface area contributed by atoms with Crippen LogP contribution in [-0.2, 0) is 5.41 Å². The van der Waals surface area contributed by atoms with Crippen LogP contribution in [0.2, 0.25) is 0 Å². The third kappa shape index (κ3) is 6.32. The molecule has 5 heteroatoms. The summed E-state index contributed by atoms with van der Waals surface area (Å²) in [6.45, 7) is 0. The van der Waals surface area contributed by atoms with Crippen LogP contribution in [0.1, 0.15) is 38.9 Å². The van der Waals surface area contributed by atoms with Crippen molar-refractivity contribution in [3.05, 3.63) is 306 Å². The summed E-state index contributed by atoms with van der Waals surface area (Å²) in [7, 11) is 0. The summed E-state index contributed by atoms with van der Waals surface area (Å²) < 4.78 is 4.63. The van der Waals surface area contributed by atoms with E-state index in [1.807, 2.05) is 36.4 Å². The molecule has 1 spiro atoms. The molecule has 2 aliphatic carbocycles. The van der Waals surface area contributed by atoms with Gasteiger partial charge in [0, 0.05) is 38.4 Å². The van der Waals surface area contributed by atoms with E-state index in [9.17, 15) is 0 Å². The van der Waals surface area contributed by atoms with Crippen molar-refractivity contribution in [3.8, 4) is 56.7 Å². The second-order valence-electron chi connectivity index (χ2n) is 20.2. The summed E-state index contributed by atoms with van der Waals surface area (Å²) in [5.41, 5.74) is 21.7. The van der Waals surface area contributed by atoms with Gasteiger partial charge in [-0.3, -0.25) is 4.57 Å². The van der Waals surface area contributed by atoms with Crippen LogP contribution in [0.25, 0.3) is 112 Å². The minimum Gasteiger partial charge on any atom is -0.309 e. The first-order valence-corrected chi connectivity index (χ1v) is 26.4. The van der Waals surface area contributed by atoms with E-state index in [0.717, 1.165) is 66.4 Å². The zero-order valence-electron chi connectivity index (χ0n) is 41.7. The molecule has 0 unspecified atom stereocenters. The van der Waals surface area contributed by atoms with E-state index in [2.05, 4.69) is 246 Å². The Hall–Kier alpha value is -10.2. The predicted molar refractivity (Wildman–Crippen MR) is 316 cm³/mol. The second-order valence-corrected chi connectivity index (χ2v) is 20.2. The number of fused-ring (bicyclic) bond motifs is 16. The van der Waals surface area contributed by atoms with Crippen molar-refractivity contribution in [2.75, 3.05) is 0 Å². The van der Waals surface area contributed by atoms with Crippen LogP contribution in [-0.4, -0.2) is 24.1 Å². The molecule has 14 aromatic rings. The van der Waals surface area contributed by atoms with Crippen molar-refractivity contribution in [2.24, 2.45) is 0 Å². The molecular weight excluding hydrogens is 935 g/mol. The molecule has 0 bridgehead atoms. The van der Waals surface area contributed by atoms with Gasteiger partial charge in [0.1, 0.15) is 0 Å². The standard InChI is InChI=1S/C72H45N5/c1-4-22-46(23-5-1)69-73-70(47-24-6-2-7-25-47)75-71(74-69)77-64-40-19-14-33-56(64)68-54(34-21-41-66(68)77)57(48-42-43-65-58(44-48)53-31-13-18-39-63(53)76(65)50-27-8-3-9-28-50)45-49-26-20-38-62-67(49)55-32-12-17-37-61(55)72(62)59-35-15-10-29-51(59)52-30-11-16-36-60(52)72/h1-45H. The van der Waals surface area contributed by atoms with Gasteiger partial charge in [0.25, 0.3) is 0 Å². The van der Waals surface area contributed by atoms with E-state index in [4.69, 9.17) is 15.0 Å². The predicted octanol–water partition coefficient (Wildman–Crippen LogP) is 17.3. The molecule has 11 aromatic carbocycles. The molecule has 2 aliphatic rings. The van der Waals surface area contributed by atoms with E-state index >= 15 is 0 Å². The van der Waals surface area contributed by atoms with Crippen LogP contribution < -0.4 is 0 Å². The smallest absolute Gasteiger partial charge is 0.238 e. The van der Waals surface area contributed by atoms with Crippen LogP contribution in [0.3, 0.4) is 0 Å². The largest absolute Gasteiger partial charge is 0.309 e. The Kier molecular flexibility index (Phi) is 9.48.